The minimum Gasteiger partial charge on any atom is -0.368 e. The molecule has 1 aliphatic heterocycles. The van der Waals surface area contributed by atoms with Crippen LogP contribution in [0.25, 0.3) is 0 Å². The topological polar surface area (TPSA) is 48.5 Å². The molecule has 1 saturated heterocycles. The maximum Gasteiger partial charge on any atom is 0.254 e. The highest BCUT2D eigenvalue weighted by Crippen LogP contribution is 2.22. The zero-order chi connectivity index (χ0) is 19.3. The lowest BCUT2D eigenvalue weighted by molar-refractivity contribution is 0.0746. The second-order valence-corrected chi connectivity index (χ2v) is 8.03. The Labute approximate surface area is 167 Å². The van der Waals surface area contributed by atoms with Crippen LogP contribution >= 0.6 is 0 Å². The zero-order valence-electron chi connectivity index (χ0n) is 16.7. The molecule has 1 aromatic heterocycles. The quantitative estimate of drug-likeness (QED) is 0.870. The zero-order valence-corrected chi connectivity index (χ0v) is 16.7. The van der Waals surface area contributed by atoms with E-state index in [1.54, 1.807) is 6.20 Å². The molecule has 2 heterocycles. The summed E-state index contributed by atoms with van der Waals surface area (Å²) in [4.78, 5) is 21.7. The summed E-state index contributed by atoms with van der Waals surface area (Å²) < 4.78 is 0. The van der Waals surface area contributed by atoms with Crippen LogP contribution in [-0.4, -0.2) is 48.0 Å². The van der Waals surface area contributed by atoms with Crippen molar-refractivity contribution in [2.24, 2.45) is 0 Å². The molecule has 1 saturated carbocycles. The summed E-state index contributed by atoms with van der Waals surface area (Å²) >= 11 is 0. The first-order valence-electron chi connectivity index (χ1n) is 10.5. The highest BCUT2D eigenvalue weighted by molar-refractivity contribution is 5.95. The van der Waals surface area contributed by atoms with Crippen LogP contribution in [0.15, 0.2) is 42.6 Å². The summed E-state index contributed by atoms with van der Waals surface area (Å²) in [5.41, 5.74) is 3.25. The summed E-state index contributed by atoms with van der Waals surface area (Å²) in [6.45, 7) is 5.35. The fourth-order valence-electron chi connectivity index (χ4n) is 4.27. The van der Waals surface area contributed by atoms with E-state index >= 15 is 0 Å². The standard InChI is InChI=1S/C23H30N4O/c1-18-6-5-9-21(16-18)26-12-14-27(15-13-26)23(28)19-10-11-24-22(17-19)25-20-7-3-2-4-8-20/h5-6,9-11,16-17,20H,2-4,7-8,12-15H2,1H3,(H,24,25). The van der Waals surface area contributed by atoms with Gasteiger partial charge in [0.25, 0.3) is 5.91 Å². The highest BCUT2D eigenvalue weighted by atomic mass is 16.2. The molecule has 0 atom stereocenters. The number of aryl methyl sites for hydroxylation is 1. The third-order valence-corrected chi connectivity index (χ3v) is 5.90. The maximum absolute atomic E-state index is 13.0. The smallest absolute Gasteiger partial charge is 0.254 e. The second kappa shape index (κ2) is 8.63. The monoisotopic (exact) mass is 378 g/mol. The number of benzene rings is 1. The predicted octanol–water partition coefficient (Wildman–Crippen LogP) is 4.10. The number of pyridine rings is 1. The Bertz CT molecular complexity index is 808. The van der Waals surface area contributed by atoms with E-state index in [1.165, 1.54) is 43.4 Å². The van der Waals surface area contributed by atoms with E-state index in [9.17, 15) is 4.79 Å². The molecule has 1 aliphatic carbocycles. The lowest BCUT2D eigenvalue weighted by atomic mass is 9.95. The van der Waals surface area contributed by atoms with Gasteiger partial charge in [-0.2, -0.15) is 0 Å². The van der Waals surface area contributed by atoms with E-state index in [2.05, 4.69) is 46.4 Å². The van der Waals surface area contributed by atoms with Crippen molar-refractivity contribution in [3.63, 3.8) is 0 Å². The van der Waals surface area contributed by atoms with Gasteiger partial charge in [-0.15, -0.1) is 0 Å². The molecular formula is C23H30N4O. The number of hydrogen-bond acceptors (Lipinski definition) is 4. The lowest BCUT2D eigenvalue weighted by Crippen LogP contribution is -2.48. The first-order chi connectivity index (χ1) is 13.7. The van der Waals surface area contributed by atoms with Crippen LogP contribution < -0.4 is 10.2 Å². The number of nitrogens with one attached hydrogen (secondary N) is 1. The van der Waals surface area contributed by atoms with E-state index in [0.29, 0.717) is 6.04 Å². The van der Waals surface area contributed by atoms with Crippen LogP contribution in [0.1, 0.15) is 48.0 Å². The van der Waals surface area contributed by atoms with Crippen molar-refractivity contribution in [3.05, 3.63) is 53.7 Å². The van der Waals surface area contributed by atoms with E-state index in [4.69, 9.17) is 0 Å². The SMILES string of the molecule is Cc1cccc(N2CCN(C(=O)c3ccnc(NC4CCCCC4)c3)CC2)c1. The lowest BCUT2D eigenvalue weighted by Gasteiger charge is -2.36. The van der Waals surface area contributed by atoms with Crippen LogP contribution in [0.3, 0.4) is 0 Å². The first kappa shape index (κ1) is 18.8. The summed E-state index contributed by atoms with van der Waals surface area (Å²) in [5, 5.41) is 3.52. The van der Waals surface area contributed by atoms with Crippen LogP contribution in [0.4, 0.5) is 11.5 Å². The number of piperazine rings is 1. The van der Waals surface area contributed by atoms with Gasteiger partial charge in [0.05, 0.1) is 0 Å². The Morgan fingerprint density at radius 1 is 1.04 bits per heavy atom. The van der Waals surface area contributed by atoms with Gasteiger partial charge < -0.3 is 15.1 Å². The Hall–Kier alpha value is -2.56. The van der Waals surface area contributed by atoms with Crippen molar-refractivity contribution >= 4 is 17.4 Å². The Balaban J connectivity index is 1.36. The molecule has 4 rings (SSSR count). The Morgan fingerprint density at radius 2 is 1.82 bits per heavy atom. The Kier molecular flexibility index (Phi) is 5.79. The van der Waals surface area contributed by atoms with Gasteiger partial charge in [0.1, 0.15) is 5.82 Å². The number of amides is 1. The molecule has 2 aliphatic rings. The van der Waals surface area contributed by atoms with Gasteiger partial charge in [0.15, 0.2) is 0 Å². The van der Waals surface area contributed by atoms with E-state index in [0.717, 1.165) is 37.6 Å². The van der Waals surface area contributed by atoms with Gasteiger partial charge in [-0.1, -0.05) is 31.4 Å². The number of rotatable bonds is 4. The molecule has 28 heavy (non-hydrogen) atoms. The van der Waals surface area contributed by atoms with Crippen molar-refractivity contribution in [2.75, 3.05) is 36.4 Å². The molecule has 0 unspecified atom stereocenters. The highest BCUT2D eigenvalue weighted by Gasteiger charge is 2.23. The van der Waals surface area contributed by atoms with Crippen LogP contribution in [0.2, 0.25) is 0 Å². The number of anilines is 2. The van der Waals surface area contributed by atoms with Gasteiger partial charge in [-0.05, 0) is 49.6 Å². The molecule has 1 N–H and O–H groups in total. The summed E-state index contributed by atoms with van der Waals surface area (Å²) in [7, 11) is 0. The van der Waals surface area contributed by atoms with Gasteiger partial charge in [-0.3, -0.25) is 4.79 Å². The summed E-state index contributed by atoms with van der Waals surface area (Å²) in [6.07, 6.45) is 8.03. The van der Waals surface area contributed by atoms with Crippen LogP contribution in [0, 0.1) is 6.92 Å². The number of carbonyl (C=O) groups excluding carboxylic acids is 1. The molecule has 2 fully saturated rings. The fourth-order valence-corrected chi connectivity index (χ4v) is 4.27. The Morgan fingerprint density at radius 3 is 2.57 bits per heavy atom. The van der Waals surface area contributed by atoms with Crippen LogP contribution in [-0.2, 0) is 0 Å². The molecule has 148 valence electrons. The van der Waals surface area contributed by atoms with Gasteiger partial charge in [-0.25, -0.2) is 4.98 Å². The second-order valence-electron chi connectivity index (χ2n) is 8.03. The van der Waals surface area contributed by atoms with Crippen molar-refractivity contribution in [1.82, 2.24) is 9.88 Å². The molecule has 0 spiro atoms. The van der Waals surface area contributed by atoms with Crippen molar-refractivity contribution < 1.29 is 4.79 Å². The minimum atomic E-state index is 0.109. The number of nitrogens with zero attached hydrogens (tertiary/aromatic N) is 3. The summed E-state index contributed by atoms with van der Waals surface area (Å²) in [6, 6.07) is 12.8. The third-order valence-electron chi connectivity index (χ3n) is 5.90. The number of hydrogen-bond donors (Lipinski definition) is 1. The van der Waals surface area contributed by atoms with Gasteiger partial charge >= 0.3 is 0 Å². The predicted molar refractivity (Wildman–Crippen MR) is 114 cm³/mol. The average molecular weight is 379 g/mol. The molecule has 0 bridgehead atoms. The third kappa shape index (κ3) is 4.46. The van der Waals surface area contributed by atoms with Gasteiger partial charge in [0, 0.05) is 49.7 Å². The van der Waals surface area contributed by atoms with E-state index < -0.39 is 0 Å². The number of carbonyl (C=O) groups is 1. The van der Waals surface area contributed by atoms with Crippen LogP contribution in [0.5, 0.6) is 0 Å². The summed E-state index contributed by atoms with van der Waals surface area (Å²) in [5.74, 6) is 0.939. The average Bonchev–Trinajstić information content (AvgIpc) is 2.74. The molecule has 5 nitrogen and oxygen atoms in total. The molecular weight excluding hydrogens is 348 g/mol. The molecule has 1 amide bonds. The largest absolute Gasteiger partial charge is 0.368 e. The molecule has 5 heteroatoms. The molecule has 0 radical (unpaired) electrons. The first-order valence-corrected chi connectivity index (χ1v) is 10.5. The van der Waals surface area contributed by atoms with Gasteiger partial charge in [0.2, 0.25) is 0 Å². The fraction of sp³-hybridized carbons (Fsp3) is 0.478. The van der Waals surface area contributed by atoms with E-state index in [1.807, 2.05) is 17.0 Å². The normalized spacial score (nSPS) is 18.2. The molecule has 2 aromatic rings. The van der Waals surface area contributed by atoms with Crippen molar-refractivity contribution in [3.8, 4) is 0 Å². The van der Waals surface area contributed by atoms with Crippen molar-refractivity contribution in [2.45, 2.75) is 45.1 Å². The molecule has 1 aromatic carbocycles. The van der Waals surface area contributed by atoms with Crippen molar-refractivity contribution in [1.29, 1.82) is 0 Å². The minimum absolute atomic E-state index is 0.109. The maximum atomic E-state index is 13.0. The number of aromatic nitrogens is 1. The van der Waals surface area contributed by atoms with E-state index in [-0.39, 0.29) is 5.91 Å².